The van der Waals surface area contributed by atoms with Crippen molar-refractivity contribution in [3.05, 3.63) is 54.6 Å². The van der Waals surface area contributed by atoms with Crippen LogP contribution in [0.5, 0.6) is 5.75 Å². The number of hydrazine groups is 1. The fourth-order valence-corrected chi connectivity index (χ4v) is 1.79. The van der Waals surface area contributed by atoms with E-state index in [1.165, 1.54) is 0 Å². The second-order valence-corrected chi connectivity index (χ2v) is 4.08. The van der Waals surface area contributed by atoms with Crippen LogP contribution in [0.2, 0.25) is 0 Å². The van der Waals surface area contributed by atoms with E-state index in [9.17, 15) is 0 Å². The molecule has 0 saturated carbocycles. The molecule has 2 aromatic rings. The second-order valence-electron chi connectivity index (χ2n) is 4.08. The van der Waals surface area contributed by atoms with E-state index in [1.807, 2.05) is 56.6 Å². The molecule has 0 saturated heterocycles. The van der Waals surface area contributed by atoms with E-state index < -0.39 is 0 Å². The number of hydrogen-bond donors (Lipinski definition) is 0. The van der Waals surface area contributed by atoms with Gasteiger partial charge >= 0.3 is 0 Å². The normalized spacial score (nSPS) is 9.94. The Morgan fingerprint density at radius 1 is 0.722 bits per heavy atom. The van der Waals surface area contributed by atoms with E-state index in [2.05, 4.69) is 22.2 Å². The molecule has 0 aromatic heterocycles. The monoisotopic (exact) mass is 242 g/mol. The first-order valence-corrected chi connectivity index (χ1v) is 5.89. The highest BCUT2D eigenvalue weighted by atomic mass is 16.5. The summed E-state index contributed by atoms with van der Waals surface area (Å²) < 4.78 is 5.16. The number of ether oxygens (including phenoxy) is 1. The highest BCUT2D eigenvalue weighted by Crippen LogP contribution is 2.22. The summed E-state index contributed by atoms with van der Waals surface area (Å²) in [6.45, 7) is 0. The lowest BCUT2D eigenvalue weighted by atomic mass is 10.3. The summed E-state index contributed by atoms with van der Waals surface area (Å²) in [4.78, 5) is 0. The first-order chi connectivity index (χ1) is 8.72. The number of para-hydroxylation sites is 1. The average Bonchev–Trinajstić information content (AvgIpc) is 2.47. The van der Waals surface area contributed by atoms with Gasteiger partial charge in [-0.2, -0.15) is 0 Å². The summed E-state index contributed by atoms with van der Waals surface area (Å²) in [5.41, 5.74) is 2.26. The Hall–Kier alpha value is -2.16. The van der Waals surface area contributed by atoms with Crippen LogP contribution in [-0.2, 0) is 0 Å². The van der Waals surface area contributed by atoms with Crippen LogP contribution in [0.25, 0.3) is 0 Å². The predicted octanol–water partition coefficient (Wildman–Crippen LogP) is 3.18. The molecule has 0 bridgehead atoms. The van der Waals surface area contributed by atoms with Gasteiger partial charge < -0.3 is 4.74 Å². The molecule has 0 fully saturated rings. The SMILES string of the molecule is COc1ccc(N(C)N(C)c2ccccc2)cc1. The Kier molecular flexibility index (Phi) is 3.72. The van der Waals surface area contributed by atoms with Crippen molar-refractivity contribution in [2.24, 2.45) is 0 Å². The molecule has 0 aliphatic heterocycles. The Morgan fingerprint density at radius 3 is 1.72 bits per heavy atom. The number of hydrogen-bond acceptors (Lipinski definition) is 3. The van der Waals surface area contributed by atoms with E-state index in [0.29, 0.717) is 0 Å². The Balaban J connectivity index is 2.17. The first kappa shape index (κ1) is 12.3. The number of methoxy groups -OCH3 is 1. The van der Waals surface area contributed by atoms with Gasteiger partial charge in [-0.1, -0.05) is 18.2 Å². The van der Waals surface area contributed by atoms with Gasteiger partial charge in [0, 0.05) is 14.1 Å². The zero-order valence-corrected chi connectivity index (χ0v) is 11.0. The van der Waals surface area contributed by atoms with Crippen molar-refractivity contribution in [2.45, 2.75) is 0 Å². The molecule has 2 aromatic carbocycles. The van der Waals surface area contributed by atoms with Crippen molar-refractivity contribution in [3.63, 3.8) is 0 Å². The van der Waals surface area contributed by atoms with Crippen molar-refractivity contribution in [1.82, 2.24) is 0 Å². The first-order valence-electron chi connectivity index (χ1n) is 5.89. The Bertz CT molecular complexity index is 482. The summed E-state index contributed by atoms with van der Waals surface area (Å²) in [5.74, 6) is 0.870. The number of anilines is 2. The van der Waals surface area contributed by atoms with E-state index in [4.69, 9.17) is 4.74 Å². The molecule has 18 heavy (non-hydrogen) atoms. The van der Waals surface area contributed by atoms with Crippen LogP contribution < -0.4 is 14.8 Å². The summed E-state index contributed by atoms with van der Waals surface area (Å²) in [6, 6.07) is 18.3. The van der Waals surface area contributed by atoms with Gasteiger partial charge in [0.15, 0.2) is 0 Å². The smallest absolute Gasteiger partial charge is 0.119 e. The zero-order valence-electron chi connectivity index (χ0n) is 11.0. The minimum absolute atomic E-state index is 0.870. The van der Waals surface area contributed by atoms with Crippen LogP contribution in [0.4, 0.5) is 11.4 Å². The average molecular weight is 242 g/mol. The highest BCUT2D eigenvalue weighted by Gasteiger charge is 2.07. The van der Waals surface area contributed by atoms with E-state index in [-0.39, 0.29) is 0 Å². The molecule has 0 radical (unpaired) electrons. The van der Waals surface area contributed by atoms with Crippen LogP contribution in [-0.4, -0.2) is 21.2 Å². The highest BCUT2D eigenvalue weighted by molar-refractivity contribution is 5.57. The van der Waals surface area contributed by atoms with Gasteiger partial charge in [0.05, 0.1) is 18.5 Å². The standard InChI is InChI=1S/C15H18N2O/c1-16(13-7-5-4-6-8-13)17(2)14-9-11-15(18-3)12-10-14/h4-12H,1-3H3. The molecule has 0 unspecified atom stereocenters. The summed E-state index contributed by atoms with van der Waals surface area (Å²) in [7, 11) is 5.75. The van der Waals surface area contributed by atoms with Gasteiger partial charge in [-0.15, -0.1) is 0 Å². The molecule has 0 amide bonds. The maximum Gasteiger partial charge on any atom is 0.119 e. The molecule has 94 valence electrons. The molecule has 0 aliphatic rings. The fourth-order valence-electron chi connectivity index (χ4n) is 1.79. The third-order valence-electron chi connectivity index (χ3n) is 3.03. The molecule has 0 N–H and O–H groups in total. The molecule has 0 aliphatic carbocycles. The molecule has 0 heterocycles. The van der Waals surface area contributed by atoms with Crippen LogP contribution in [0.3, 0.4) is 0 Å². The molecule has 2 rings (SSSR count). The molecular weight excluding hydrogens is 224 g/mol. The molecule has 3 nitrogen and oxygen atoms in total. The number of rotatable bonds is 4. The molecular formula is C15H18N2O. The van der Waals surface area contributed by atoms with Crippen molar-refractivity contribution in [1.29, 1.82) is 0 Å². The fraction of sp³-hybridized carbons (Fsp3) is 0.200. The van der Waals surface area contributed by atoms with E-state index >= 15 is 0 Å². The molecule has 3 heteroatoms. The van der Waals surface area contributed by atoms with E-state index in [1.54, 1.807) is 7.11 Å². The van der Waals surface area contributed by atoms with Gasteiger partial charge in [0.2, 0.25) is 0 Å². The van der Waals surface area contributed by atoms with Gasteiger partial charge in [0.25, 0.3) is 0 Å². The predicted molar refractivity (Wildman–Crippen MR) is 76.2 cm³/mol. The van der Waals surface area contributed by atoms with Gasteiger partial charge in [0.1, 0.15) is 5.75 Å². The quantitative estimate of drug-likeness (QED) is 0.766. The number of benzene rings is 2. The van der Waals surface area contributed by atoms with Crippen molar-refractivity contribution in [3.8, 4) is 5.75 Å². The number of nitrogens with zero attached hydrogens (tertiary/aromatic N) is 2. The summed E-state index contributed by atoms with van der Waals surface area (Å²) in [5, 5.41) is 4.19. The maximum absolute atomic E-state index is 5.16. The van der Waals surface area contributed by atoms with Gasteiger partial charge in [-0.05, 0) is 36.4 Å². The van der Waals surface area contributed by atoms with Gasteiger partial charge in [-0.3, -0.25) is 10.0 Å². The lowest BCUT2D eigenvalue weighted by Gasteiger charge is -2.32. The van der Waals surface area contributed by atoms with E-state index in [0.717, 1.165) is 17.1 Å². The lowest BCUT2D eigenvalue weighted by Crippen LogP contribution is -2.36. The lowest BCUT2D eigenvalue weighted by molar-refractivity contribution is 0.415. The molecule has 0 atom stereocenters. The summed E-state index contributed by atoms with van der Waals surface area (Å²) >= 11 is 0. The van der Waals surface area contributed by atoms with Crippen molar-refractivity contribution < 1.29 is 4.74 Å². The second kappa shape index (κ2) is 5.45. The van der Waals surface area contributed by atoms with Crippen molar-refractivity contribution in [2.75, 3.05) is 31.2 Å². The zero-order chi connectivity index (χ0) is 13.0. The van der Waals surface area contributed by atoms with Crippen LogP contribution in [0, 0.1) is 0 Å². The van der Waals surface area contributed by atoms with Crippen molar-refractivity contribution >= 4 is 11.4 Å². The molecule has 0 spiro atoms. The minimum atomic E-state index is 0.870. The Morgan fingerprint density at radius 2 is 1.22 bits per heavy atom. The van der Waals surface area contributed by atoms with Crippen LogP contribution >= 0.6 is 0 Å². The largest absolute Gasteiger partial charge is 0.497 e. The van der Waals surface area contributed by atoms with Gasteiger partial charge in [-0.25, -0.2) is 0 Å². The third kappa shape index (κ3) is 2.56. The minimum Gasteiger partial charge on any atom is -0.497 e. The van der Waals surface area contributed by atoms with Crippen LogP contribution in [0.1, 0.15) is 0 Å². The van der Waals surface area contributed by atoms with Crippen LogP contribution in [0.15, 0.2) is 54.6 Å². The Labute approximate surface area is 108 Å². The third-order valence-corrected chi connectivity index (χ3v) is 3.03. The topological polar surface area (TPSA) is 15.7 Å². The summed E-state index contributed by atoms with van der Waals surface area (Å²) in [6.07, 6.45) is 0. The maximum atomic E-state index is 5.16.